The molecule has 1 saturated heterocycles. The van der Waals surface area contributed by atoms with E-state index in [9.17, 15) is 9.90 Å². The summed E-state index contributed by atoms with van der Waals surface area (Å²) in [6.07, 6.45) is 1.40. The van der Waals surface area contributed by atoms with Crippen molar-refractivity contribution in [3.05, 3.63) is 0 Å². The second kappa shape index (κ2) is 4.78. The summed E-state index contributed by atoms with van der Waals surface area (Å²) < 4.78 is 0. The minimum Gasteiger partial charge on any atom is -0.550 e. The van der Waals surface area contributed by atoms with Crippen molar-refractivity contribution in [2.75, 3.05) is 19.6 Å². The average molecular weight is 135 g/mol. The number of hydrogen-bond donors (Lipinski definition) is 0. The van der Waals surface area contributed by atoms with Gasteiger partial charge in [0.25, 0.3) is 0 Å². The van der Waals surface area contributed by atoms with E-state index in [1.807, 2.05) is 0 Å². The fraction of sp³-hybridized carbons (Fsp3) is 0.833. The van der Waals surface area contributed by atoms with Crippen LogP contribution in [0.3, 0.4) is 0 Å². The van der Waals surface area contributed by atoms with E-state index in [-0.39, 0.29) is 25.3 Å². The normalized spacial score (nSPS) is 17.2. The molecule has 1 aliphatic rings. The van der Waals surface area contributed by atoms with Crippen molar-refractivity contribution in [1.29, 1.82) is 0 Å². The molecule has 0 bridgehead atoms. The van der Waals surface area contributed by atoms with Gasteiger partial charge in [-0.05, 0) is 25.9 Å². The van der Waals surface area contributed by atoms with E-state index >= 15 is 0 Å². The van der Waals surface area contributed by atoms with Crippen LogP contribution in [-0.2, 0) is 4.79 Å². The molecule has 1 fully saturated rings. The van der Waals surface area contributed by atoms with Crippen LogP contribution in [0.25, 0.3) is 0 Å². The Morgan fingerprint density at radius 1 is 1.50 bits per heavy atom. The van der Waals surface area contributed by atoms with E-state index in [2.05, 4.69) is 4.90 Å². The number of hydrogen-bond acceptors (Lipinski definition) is 3. The molecule has 0 N–H and O–H groups in total. The number of nitrogens with zero attached hydrogens (tertiary/aromatic N) is 1. The van der Waals surface area contributed by atoms with Gasteiger partial charge in [-0.25, -0.2) is 0 Å². The van der Waals surface area contributed by atoms with Crippen LogP contribution >= 0.6 is 0 Å². The molecule has 3 nitrogen and oxygen atoms in total. The van der Waals surface area contributed by atoms with Gasteiger partial charge < -0.3 is 14.8 Å². The molecule has 1 heterocycles. The molecular weight excluding hydrogens is 125 g/mol. The topological polar surface area (TPSA) is 43.4 Å². The molecule has 0 amide bonds. The molecule has 1 rings (SSSR count). The molecule has 0 aromatic carbocycles. The first kappa shape index (κ1) is 10.0. The number of aliphatic carboxylic acids is 1. The summed E-state index contributed by atoms with van der Waals surface area (Å²) in [6.45, 7) is 2.79. The van der Waals surface area contributed by atoms with Crippen LogP contribution in [0.1, 0.15) is 12.8 Å². The summed E-state index contributed by atoms with van der Waals surface area (Å²) in [6, 6.07) is 0. The van der Waals surface area contributed by atoms with Gasteiger partial charge in [-0.15, -0.1) is 0 Å². The van der Waals surface area contributed by atoms with Crippen LogP contribution in [0.5, 0.6) is 0 Å². The quantitative estimate of drug-likeness (QED) is 0.369. The minimum absolute atomic E-state index is 0. The molecule has 10 heavy (non-hydrogen) atoms. The SMILES string of the molecule is O=C([O-])CCN1CCC1.[Li+]. The fourth-order valence-corrected chi connectivity index (χ4v) is 0.855. The standard InChI is InChI=1S/C6H11NO2.Li/c8-6(9)2-5-7-3-1-4-7;/h1-5H2,(H,8,9);/q;+1/p-1. The third-order valence-corrected chi connectivity index (χ3v) is 1.58. The first-order valence-electron chi connectivity index (χ1n) is 3.21. The Hall–Kier alpha value is 0.0274. The predicted octanol–water partition coefficient (Wildman–Crippen LogP) is -4.16. The van der Waals surface area contributed by atoms with Gasteiger partial charge >= 0.3 is 18.9 Å². The molecule has 0 aromatic rings. The van der Waals surface area contributed by atoms with Gasteiger partial charge in [0.2, 0.25) is 0 Å². The van der Waals surface area contributed by atoms with E-state index in [4.69, 9.17) is 0 Å². The van der Waals surface area contributed by atoms with Crippen molar-refractivity contribution < 1.29 is 28.8 Å². The zero-order valence-corrected chi connectivity index (χ0v) is 6.30. The molecule has 0 aromatic heterocycles. The van der Waals surface area contributed by atoms with Crippen molar-refractivity contribution in [3.63, 3.8) is 0 Å². The number of carbonyl (C=O) groups is 1. The Morgan fingerprint density at radius 2 is 2.10 bits per heavy atom. The van der Waals surface area contributed by atoms with Gasteiger partial charge in [0.1, 0.15) is 0 Å². The molecule has 52 valence electrons. The Labute approximate surface area is 72.6 Å². The number of carboxylic acid groups (broad SMARTS) is 1. The maximum atomic E-state index is 9.91. The fourth-order valence-electron chi connectivity index (χ4n) is 0.855. The summed E-state index contributed by atoms with van der Waals surface area (Å²) >= 11 is 0. The average Bonchev–Trinajstić information content (AvgIpc) is 1.60. The van der Waals surface area contributed by atoms with Crippen LogP contribution in [0.4, 0.5) is 0 Å². The third-order valence-electron chi connectivity index (χ3n) is 1.58. The summed E-state index contributed by atoms with van der Waals surface area (Å²) in [5, 5.41) is 9.91. The minimum atomic E-state index is -0.943. The monoisotopic (exact) mass is 135 g/mol. The zero-order valence-electron chi connectivity index (χ0n) is 6.30. The molecule has 0 saturated carbocycles. The molecule has 4 heteroatoms. The van der Waals surface area contributed by atoms with Crippen LogP contribution < -0.4 is 24.0 Å². The summed E-state index contributed by atoms with van der Waals surface area (Å²) in [5.74, 6) is -0.943. The van der Waals surface area contributed by atoms with Crippen LogP contribution in [-0.4, -0.2) is 30.5 Å². The molecule has 0 atom stereocenters. The summed E-state index contributed by atoms with van der Waals surface area (Å²) in [5.41, 5.74) is 0. The molecular formula is C6H10LiNO2. The Kier molecular flexibility index (Phi) is 4.80. The van der Waals surface area contributed by atoms with Gasteiger partial charge in [-0.2, -0.15) is 0 Å². The van der Waals surface area contributed by atoms with Crippen LogP contribution in [0, 0.1) is 0 Å². The summed E-state index contributed by atoms with van der Waals surface area (Å²) in [4.78, 5) is 12.0. The third kappa shape index (κ3) is 3.26. The number of carboxylic acids is 1. The van der Waals surface area contributed by atoms with E-state index in [0.717, 1.165) is 13.1 Å². The predicted molar refractivity (Wildman–Crippen MR) is 30.7 cm³/mol. The largest absolute Gasteiger partial charge is 1.00 e. The van der Waals surface area contributed by atoms with Gasteiger partial charge in [-0.1, -0.05) is 0 Å². The second-order valence-electron chi connectivity index (χ2n) is 2.32. The first-order chi connectivity index (χ1) is 4.29. The molecule has 0 aliphatic carbocycles. The van der Waals surface area contributed by atoms with Crippen molar-refractivity contribution >= 4 is 5.97 Å². The van der Waals surface area contributed by atoms with Gasteiger partial charge in [0, 0.05) is 12.5 Å². The van der Waals surface area contributed by atoms with Crippen LogP contribution in [0.2, 0.25) is 0 Å². The molecule has 0 unspecified atom stereocenters. The maximum Gasteiger partial charge on any atom is 1.00 e. The first-order valence-corrected chi connectivity index (χ1v) is 3.21. The second-order valence-corrected chi connectivity index (χ2v) is 2.32. The Morgan fingerprint density at radius 3 is 2.40 bits per heavy atom. The van der Waals surface area contributed by atoms with Crippen LogP contribution in [0.15, 0.2) is 0 Å². The Bertz CT molecular complexity index is 114. The number of rotatable bonds is 3. The van der Waals surface area contributed by atoms with E-state index in [0.29, 0.717) is 6.54 Å². The Balaban J connectivity index is 0.000000810. The van der Waals surface area contributed by atoms with Gasteiger partial charge in [-0.3, -0.25) is 0 Å². The smallest absolute Gasteiger partial charge is 0.550 e. The molecule has 0 radical (unpaired) electrons. The van der Waals surface area contributed by atoms with Crippen molar-refractivity contribution in [2.24, 2.45) is 0 Å². The molecule has 1 aliphatic heterocycles. The zero-order chi connectivity index (χ0) is 6.69. The van der Waals surface area contributed by atoms with Crippen molar-refractivity contribution in [3.8, 4) is 0 Å². The van der Waals surface area contributed by atoms with E-state index in [1.165, 1.54) is 6.42 Å². The molecule has 0 spiro atoms. The van der Waals surface area contributed by atoms with Gasteiger partial charge in [0.15, 0.2) is 0 Å². The van der Waals surface area contributed by atoms with Gasteiger partial charge in [0.05, 0.1) is 0 Å². The van der Waals surface area contributed by atoms with Crippen molar-refractivity contribution in [1.82, 2.24) is 4.90 Å². The maximum absolute atomic E-state index is 9.91. The summed E-state index contributed by atoms with van der Waals surface area (Å²) in [7, 11) is 0. The van der Waals surface area contributed by atoms with E-state index < -0.39 is 5.97 Å². The number of likely N-dealkylation sites (tertiary alicyclic amines) is 1. The number of carbonyl (C=O) groups excluding carboxylic acids is 1. The van der Waals surface area contributed by atoms with Crippen molar-refractivity contribution in [2.45, 2.75) is 12.8 Å². The van der Waals surface area contributed by atoms with E-state index in [1.54, 1.807) is 0 Å².